The summed E-state index contributed by atoms with van der Waals surface area (Å²) < 4.78 is 0. The molecule has 3 nitrogen and oxygen atoms in total. The van der Waals surface area contributed by atoms with Gasteiger partial charge < -0.3 is 5.11 Å². The molecule has 0 aliphatic heterocycles. The van der Waals surface area contributed by atoms with E-state index in [4.69, 9.17) is 5.11 Å². The Kier molecular flexibility index (Phi) is 3.01. The SMILES string of the molecule is O=Cc1cccc(-c2ccccc2C(=O)O)c1. The molecule has 1 N–H and O–H groups in total. The molecular formula is C14H10O3. The normalized spacial score (nSPS) is 9.88. The molecule has 0 saturated carbocycles. The zero-order chi connectivity index (χ0) is 12.3. The lowest BCUT2D eigenvalue weighted by atomic mass is 9.98. The minimum atomic E-state index is -0.975. The molecule has 0 saturated heterocycles. The number of aldehydes is 1. The molecule has 3 heteroatoms. The van der Waals surface area contributed by atoms with Crippen molar-refractivity contribution in [3.8, 4) is 11.1 Å². The number of rotatable bonds is 3. The van der Waals surface area contributed by atoms with E-state index in [-0.39, 0.29) is 5.56 Å². The maximum atomic E-state index is 11.1. The van der Waals surface area contributed by atoms with Crippen molar-refractivity contribution in [2.24, 2.45) is 0 Å². The maximum absolute atomic E-state index is 11.1. The zero-order valence-electron chi connectivity index (χ0n) is 8.96. The second-order valence-electron chi connectivity index (χ2n) is 3.59. The highest BCUT2D eigenvalue weighted by Gasteiger charge is 2.10. The molecule has 0 aliphatic rings. The van der Waals surface area contributed by atoms with Crippen LogP contribution in [0.4, 0.5) is 0 Å². The predicted molar refractivity (Wildman–Crippen MR) is 64.2 cm³/mol. The lowest BCUT2D eigenvalue weighted by molar-refractivity contribution is 0.0697. The molecule has 0 amide bonds. The Morgan fingerprint density at radius 2 is 1.82 bits per heavy atom. The first-order valence-electron chi connectivity index (χ1n) is 5.10. The highest BCUT2D eigenvalue weighted by Crippen LogP contribution is 2.24. The van der Waals surface area contributed by atoms with Gasteiger partial charge in [-0.1, -0.05) is 36.4 Å². The highest BCUT2D eigenvalue weighted by molar-refractivity contribution is 5.96. The van der Waals surface area contributed by atoms with Gasteiger partial charge in [0.15, 0.2) is 0 Å². The van der Waals surface area contributed by atoms with E-state index >= 15 is 0 Å². The standard InChI is InChI=1S/C14H10O3/c15-9-10-4-3-5-11(8-10)12-6-1-2-7-13(12)14(16)17/h1-9H,(H,16,17). The summed E-state index contributed by atoms with van der Waals surface area (Å²) in [5.41, 5.74) is 2.11. The number of benzene rings is 2. The monoisotopic (exact) mass is 226 g/mol. The van der Waals surface area contributed by atoms with E-state index in [1.807, 2.05) is 0 Å². The van der Waals surface area contributed by atoms with Crippen molar-refractivity contribution < 1.29 is 14.7 Å². The van der Waals surface area contributed by atoms with Gasteiger partial charge >= 0.3 is 5.97 Å². The zero-order valence-corrected chi connectivity index (χ0v) is 8.96. The molecule has 0 atom stereocenters. The number of carbonyl (C=O) groups is 2. The fraction of sp³-hybridized carbons (Fsp3) is 0. The van der Waals surface area contributed by atoms with Crippen LogP contribution in [0, 0.1) is 0 Å². The van der Waals surface area contributed by atoms with Crippen molar-refractivity contribution >= 4 is 12.3 Å². The molecule has 17 heavy (non-hydrogen) atoms. The van der Waals surface area contributed by atoms with E-state index in [1.54, 1.807) is 48.5 Å². The third-order valence-electron chi connectivity index (χ3n) is 2.49. The lowest BCUT2D eigenvalue weighted by Crippen LogP contribution is -1.99. The first kappa shape index (κ1) is 11.1. The number of hydrogen-bond donors (Lipinski definition) is 1. The third kappa shape index (κ3) is 2.23. The van der Waals surface area contributed by atoms with Crippen LogP contribution in [0.2, 0.25) is 0 Å². The van der Waals surface area contributed by atoms with Crippen LogP contribution in [0.5, 0.6) is 0 Å². The number of aromatic carboxylic acids is 1. The summed E-state index contributed by atoms with van der Waals surface area (Å²) in [5, 5.41) is 9.08. The molecule has 0 radical (unpaired) electrons. The van der Waals surface area contributed by atoms with Gasteiger partial charge in [-0.3, -0.25) is 4.79 Å². The van der Waals surface area contributed by atoms with Crippen LogP contribution in [0.15, 0.2) is 48.5 Å². The summed E-state index contributed by atoms with van der Waals surface area (Å²) in [7, 11) is 0. The Hall–Kier alpha value is -2.42. The van der Waals surface area contributed by atoms with Crippen molar-refractivity contribution in [1.82, 2.24) is 0 Å². The summed E-state index contributed by atoms with van der Waals surface area (Å²) in [6.07, 6.45) is 0.743. The van der Waals surface area contributed by atoms with Gasteiger partial charge in [-0.25, -0.2) is 4.79 Å². The topological polar surface area (TPSA) is 54.4 Å². The van der Waals surface area contributed by atoms with Crippen molar-refractivity contribution in [2.75, 3.05) is 0 Å². The van der Waals surface area contributed by atoms with E-state index in [0.717, 1.165) is 11.8 Å². The quantitative estimate of drug-likeness (QED) is 0.819. The Balaban J connectivity index is 2.59. The lowest BCUT2D eigenvalue weighted by Gasteiger charge is -2.06. The highest BCUT2D eigenvalue weighted by atomic mass is 16.4. The summed E-state index contributed by atoms with van der Waals surface area (Å²) in [5.74, 6) is -0.975. The fourth-order valence-corrected chi connectivity index (χ4v) is 1.70. The van der Waals surface area contributed by atoms with E-state index in [9.17, 15) is 9.59 Å². The summed E-state index contributed by atoms with van der Waals surface area (Å²) in [6.45, 7) is 0. The first-order chi connectivity index (χ1) is 8.22. The van der Waals surface area contributed by atoms with Gasteiger partial charge in [-0.15, -0.1) is 0 Å². The van der Waals surface area contributed by atoms with Gasteiger partial charge in [-0.2, -0.15) is 0 Å². The molecule has 2 aromatic carbocycles. The predicted octanol–water partition coefficient (Wildman–Crippen LogP) is 2.86. The molecule has 0 unspecified atom stereocenters. The number of hydrogen-bond acceptors (Lipinski definition) is 2. The van der Waals surface area contributed by atoms with Crippen LogP contribution in [0.1, 0.15) is 20.7 Å². The second kappa shape index (κ2) is 4.61. The molecule has 0 heterocycles. The number of carboxylic acids is 1. The molecular weight excluding hydrogens is 216 g/mol. The van der Waals surface area contributed by atoms with Crippen molar-refractivity contribution in [1.29, 1.82) is 0 Å². The average molecular weight is 226 g/mol. The smallest absolute Gasteiger partial charge is 0.336 e. The van der Waals surface area contributed by atoms with Crippen LogP contribution in [-0.2, 0) is 0 Å². The molecule has 0 fully saturated rings. The minimum absolute atomic E-state index is 0.232. The van der Waals surface area contributed by atoms with Gasteiger partial charge in [-0.05, 0) is 23.3 Å². The minimum Gasteiger partial charge on any atom is -0.478 e. The fourth-order valence-electron chi connectivity index (χ4n) is 1.70. The molecule has 2 rings (SSSR count). The van der Waals surface area contributed by atoms with Crippen LogP contribution < -0.4 is 0 Å². The van der Waals surface area contributed by atoms with Gasteiger partial charge in [0.25, 0.3) is 0 Å². The van der Waals surface area contributed by atoms with E-state index in [1.165, 1.54) is 0 Å². The van der Waals surface area contributed by atoms with E-state index in [0.29, 0.717) is 11.1 Å². The second-order valence-corrected chi connectivity index (χ2v) is 3.59. The molecule has 0 aliphatic carbocycles. The maximum Gasteiger partial charge on any atom is 0.336 e. The van der Waals surface area contributed by atoms with E-state index < -0.39 is 5.97 Å². The van der Waals surface area contributed by atoms with Crippen LogP contribution in [0.3, 0.4) is 0 Å². The third-order valence-corrected chi connectivity index (χ3v) is 2.49. The van der Waals surface area contributed by atoms with Gasteiger partial charge in [0, 0.05) is 5.56 Å². The Morgan fingerprint density at radius 3 is 2.53 bits per heavy atom. The summed E-state index contributed by atoms with van der Waals surface area (Å²) in [4.78, 5) is 21.8. The average Bonchev–Trinajstić information content (AvgIpc) is 2.39. The Morgan fingerprint density at radius 1 is 1.06 bits per heavy atom. The number of carbonyl (C=O) groups excluding carboxylic acids is 1. The summed E-state index contributed by atoms with van der Waals surface area (Å²) in [6, 6.07) is 13.6. The molecule has 0 bridgehead atoms. The molecule has 0 aromatic heterocycles. The first-order valence-corrected chi connectivity index (χ1v) is 5.10. The van der Waals surface area contributed by atoms with Gasteiger partial charge in [0.1, 0.15) is 6.29 Å². The van der Waals surface area contributed by atoms with Crippen LogP contribution in [-0.4, -0.2) is 17.4 Å². The van der Waals surface area contributed by atoms with E-state index in [2.05, 4.69) is 0 Å². The van der Waals surface area contributed by atoms with Crippen molar-refractivity contribution in [3.05, 3.63) is 59.7 Å². The molecule has 0 spiro atoms. The van der Waals surface area contributed by atoms with Crippen LogP contribution in [0.25, 0.3) is 11.1 Å². The van der Waals surface area contributed by atoms with Crippen molar-refractivity contribution in [3.63, 3.8) is 0 Å². The van der Waals surface area contributed by atoms with Gasteiger partial charge in [0.05, 0.1) is 5.56 Å². The molecule has 84 valence electrons. The Labute approximate surface area is 98.3 Å². The Bertz CT molecular complexity index is 573. The van der Waals surface area contributed by atoms with Crippen molar-refractivity contribution in [2.45, 2.75) is 0 Å². The molecule has 2 aromatic rings. The largest absolute Gasteiger partial charge is 0.478 e. The van der Waals surface area contributed by atoms with Crippen LogP contribution >= 0.6 is 0 Å². The number of carboxylic acid groups (broad SMARTS) is 1. The van der Waals surface area contributed by atoms with Gasteiger partial charge in [0.2, 0.25) is 0 Å². The summed E-state index contributed by atoms with van der Waals surface area (Å²) >= 11 is 0.